The number of hydrogen-bond donors (Lipinski definition) is 1. The lowest BCUT2D eigenvalue weighted by Gasteiger charge is -2.24. The molecule has 0 radical (unpaired) electrons. The Labute approximate surface area is 115 Å². The minimum Gasteiger partial charge on any atom is -0.377 e. The van der Waals surface area contributed by atoms with Crippen molar-refractivity contribution in [2.75, 3.05) is 13.2 Å². The van der Waals surface area contributed by atoms with E-state index in [-0.39, 0.29) is 6.10 Å². The zero-order valence-corrected chi connectivity index (χ0v) is 13.1. The Morgan fingerprint density at radius 1 is 1.33 bits per heavy atom. The summed E-state index contributed by atoms with van der Waals surface area (Å²) in [7, 11) is 0. The van der Waals surface area contributed by atoms with Crippen molar-refractivity contribution in [3.8, 4) is 0 Å². The van der Waals surface area contributed by atoms with E-state index in [0.29, 0.717) is 6.04 Å². The van der Waals surface area contributed by atoms with Gasteiger partial charge in [-0.05, 0) is 40.7 Å². The van der Waals surface area contributed by atoms with Crippen LogP contribution >= 0.6 is 11.3 Å². The molecule has 2 unspecified atom stereocenters. The third kappa shape index (κ3) is 4.67. The Hall–Kier alpha value is -0.450. The third-order valence-corrected chi connectivity index (χ3v) is 4.22. The summed E-state index contributed by atoms with van der Waals surface area (Å²) in [5.41, 5.74) is 1.16. The van der Waals surface area contributed by atoms with E-state index in [0.717, 1.165) is 31.7 Å². The lowest BCUT2D eigenvalue weighted by atomic mass is 10.1. The molecule has 1 aromatic rings. The van der Waals surface area contributed by atoms with Gasteiger partial charge >= 0.3 is 0 Å². The maximum Gasteiger partial charge on any atom is 0.0947 e. The summed E-state index contributed by atoms with van der Waals surface area (Å²) in [6, 6.07) is 0.356. The van der Waals surface area contributed by atoms with E-state index < -0.39 is 0 Å². The summed E-state index contributed by atoms with van der Waals surface area (Å²) in [5, 5.41) is 4.79. The van der Waals surface area contributed by atoms with Crippen LogP contribution in [0.3, 0.4) is 0 Å². The molecule has 0 aliphatic heterocycles. The van der Waals surface area contributed by atoms with Crippen LogP contribution in [0.25, 0.3) is 0 Å². The van der Waals surface area contributed by atoms with Crippen molar-refractivity contribution >= 4 is 11.3 Å². The number of nitrogens with zero attached hydrogens (tertiary/aromatic N) is 1. The second-order valence-corrected chi connectivity index (χ2v) is 5.96. The highest BCUT2D eigenvalue weighted by molar-refractivity contribution is 7.11. The Kier molecular flexibility index (Phi) is 6.82. The van der Waals surface area contributed by atoms with Gasteiger partial charge in [-0.2, -0.15) is 0 Å². The van der Waals surface area contributed by atoms with Gasteiger partial charge in [0.05, 0.1) is 16.8 Å². The standard InChI is InChI=1S/C14H26N2OS/c1-6-8-15-13(11(4)17-7-2)9-14-16-10(3)12(5)18-14/h11,13,15H,6-9H2,1-5H3. The molecule has 0 amide bonds. The van der Waals surface area contributed by atoms with Gasteiger partial charge < -0.3 is 10.1 Å². The quantitative estimate of drug-likeness (QED) is 0.788. The summed E-state index contributed by atoms with van der Waals surface area (Å²) >= 11 is 1.80. The van der Waals surface area contributed by atoms with Gasteiger partial charge in [0.25, 0.3) is 0 Å². The molecule has 0 aromatic carbocycles. The zero-order chi connectivity index (χ0) is 13.5. The van der Waals surface area contributed by atoms with E-state index in [4.69, 9.17) is 4.74 Å². The number of thiazole rings is 1. The van der Waals surface area contributed by atoms with Crippen LogP contribution in [0, 0.1) is 13.8 Å². The fourth-order valence-corrected chi connectivity index (χ4v) is 2.92. The minimum atomic E-state index is 0.228. The summed E-state index contributed by atoms with van der Waals surface area (Å²) in [5.74, 6) is 0. The average Bonchev–Trinajstić information content (AvgIpc) is 2.64. The van der Waals surface area contributed by atoms with Crippen molar-refractivity contribution in [3.05, 3.63) is 15.6 Å². The van der Waals surface area contributed by atoms with Crippen LogP contribution in [0.15, 0.2) is 0 Å². The predicted octanol–water partition coefficient (Wildman–Crippen LogP) is 3.10. The molecule has 2 atom stereocenters. The number of nitrogens with one attached hydrogen (secondary N) is 1. The van der Waals surface area contributed by atoms with Crippen LogP contribution in [0.1, 0.15) is 42.8 Å². The first-order valence-corrected chi connectivity index (χ1v) is 7.68. The fraction of sp³-hybridized carbons (Fsp3) is 0.786. The van der Waals surface area contributed by atoms with Crippen LogP contribution in [-0.4, -0.2) is 30.3 Å². The Balaban J connectivity index is 2.64. The molecule has 0 bridgehead atoms. The van der Waals surface area contributed by atoms with Crippen molar-refractivity contribution < 1.29 is 4.74 Å². The maximum atomic E-state index is 5.72. The number of hydrogen-bond acceptors (Lipinski definition) is 4. The second-order valence-electron chi connectivity index (χ2n) is 4.67. The maximum absolute atomic E-state index is 5.72. The van der Waals surface area contributed by atoms with Crippen molar-refractivity contribution in [2.24, 2.45) is 0 Å². The topological polar surface area (TPSA) is 34.2 Å². The van der Waals surface area contributed by atoms with Crippen LogP contribution in [-0.2, 0) is 11.2 Å². The molecule has 0 aliphatic carbocycles. The van der Waals surface area contributed by atoms with E-state index in [1.165, 1.54) is 9.88 Å². The zero-order valence-electron chi connectivity index (χ0n) is 12.2. The van der Waals surface area contributed by atoms with Crippen molar-refractivity contribution in [3.63, 3.8) is 0 Å². The fourth-order valence-electron chi connectivity index (χ4n) is 1.93. The number of aryl methyl sites for hydroxylation is 2. The molecule has 1 aromatic heterocycles. The molecule has 3 nitrogen and oxygen atoms in total. The van der Waals surface area contributed by atoms with Crippen LogP contribution in [0.2, 0.25) is 0 Å². The van der Waals surface area contributed by atoms with Crippen molar-refractivity contribution in [1.29, 1.82) is 0 Å². The van der Waals surface area contributed by atoms with Crippen molar-refractivity contribution in [1.82, 2.24) is 10.3 Å². The molecule has 0 spiro atoms. The lowest BCUT2D eigenvalue weighted by Crippen LogP contribution is -2.41. The normalized spacial score (nSPS) is 14.7. The van der Waals surface area contributed by atoms with E-state index in [2.05, 4.69) is 38.0 Å². The van der Waals surface area contributed by atoms with E-state index in [1.807, 2.05) is 6.92 Å². The molecule has 1 rings (SSSR count). The van der Waals surface area contributed by atoms with Gasteiger partial charge in [0.15, 0.2) is 0 Å². The monoisotopic (exact) mass is 270 g/mol. The number of aromatic nitrogens is 1. The Morgan fingerprint density at radius 2 is 2.06 bits per heavy atom. The number of rotatable bonds is 8. The smallest absolute Gasteiger partial charge is 0.0947 e. The highest BCUT2D eigenvalue weighted by atomic mass is 32.1. The van der Waals surface area contributed by atoms with Gasteiger partial charge in [-0.1, -0.05) is 6.92 Å². The van der Waals surface area contributed by atoms with Crippen LogP contribution < -0.4 is 5.32 Å². The summed E-state index contributed by atoms with van der Waals surface area (Å²) in [6.45, 7) is 12.4. The SMILES string of the molecule is CCCNC(Cc1nc(C)c(C)s1)C(C)OCC. The molecule has 18 heavy (non-hydrogen) atoms. The van der Waals surface area contributed by atoms with Gasteiger partial charge in [-0.25, -0.2) is 4.98 Å². The van der Waals surface area contributed by atoms with Gasteiger partial charge in [0, 0.05) is 23.9 Å². The van der Waals surface area contributed by atoms with Crippen LogP contribution in [0.5, 0.6) is 0 Å². The molecule has 0 saturated carbocycles. The van der Waals surface area contributed by atoms with Gasteiger partial charge in [-0.3, -0.25) is 0 Å². The average molecular weight is 270 g/mol. The summed E-state index contributed by atoms with van der Waals surface area (Å²) in [6.07, 6.45) is 2.33. The minimum absolute atomic E-state index is 0.228. The van der Waals surface area contributed by atoms with Crippen LogP contribution in [0.4, 0.5) is 0 Å². The van der Waals surface area contributed by atoms with E-state index in [1.54, 1.807) is 11.3 Å². The Bertz CT molecular complexity index is 332. The molecule has 0 fully saturated rings. The molecule has 0 saturated heterocycles. The molecule has 104 valence electrons. The first-order chi connectivity index (χ1) is 8.58. The second kappa shape index (κ2) is 7.87. The first-order valence-electron chi connectivity index (χ1n) is 6.86. The first kappa shape index (κ1) is 15.6. The lowest BCUT2D eigenvalue weighted by molar-refractivity contribution is 0.0476. The van der Waals surface area contributed by atoms with Gasteiger partial charge in [0.2, 0.25) is 0 Å². The highest BCUT2D eigenvalue weighted by Gasteiger charge is 2.19. The van der Waals surface area contributed by atoms with E-state index in [9.17, 15) is 0 Å². The molecule has 4 heteroatoms. The third-order valence-electron chi connectivity index (χ3n) is 3.12. The molecule has 0 aliphatic rings. The predicted molar refractivity (Wildman–Crippen MR) is 78.5 cm³/mol. The molecular formula is C14H26N2OS. The molecule has 1 heterocycles. The Morgan fingerprint density at radius 3 is 2.56 bits per heavy atom. The molecular weight excluding hydrogens is 244 g/mol. The summed E-state index contributed by atoms with van der Waals surface area (Å²) < 4.78 is 5.72. The van der Waals surface area contributed by atoms with E-state index >= 15 is 0 Å². The summed E-state index contributed by atoms with van der Waals surface area (Å²) in [4.78, 5) is 5.95. The van der Waals surface area contributed by atoms with Gasteiger partial charge in [-0.15, -0.1) is 11.3 Å². The number of ether oxygens (including phenoxy) is 1. The molecule has 1 N–H and O–H groups in total. The van der Waals surface area contributed by atoms with Crippen molar-refractivity contribution in [2.45, 2.75) is 59.6 Å². The van der Waals surface area contributed by atoms with Gasteiger partial charge in [0.1, 0.15) is 0 Å². The highest BCUT2D eigenvalue weighted by Crippen LogP contribution is 2.19. The largest absolute Gasteiger partial charge is 0.377 e.